The minimum atomic E-state index is -3.58. The molecule has 0 aliphatic heterocycles. The molecule has 0 amide bonds. The zero-order valence-corrected chi connectivity index (χ0v) is 10.4. The molecule has 0 saturated carbocycles. The highest BCUT2D eigenvalue weighted by Crippen LogP contribution is 2.43. The van der Waals surface area contributed by atoms with Gasteiger partial charge in [0, 0.05) is 10.7 Å². The van der Waals surface area contributed by atoms with E-state index in [0.717, 1.165) is 12.8 Å². The first-order valence-corrected chi connectivity index (χ1v) is 7.97. The molecule has 16 heavy (non-hydrogen) atoms. The van der Waals surface area contributed by atoms with E-state index >= 15 is 0 Å². The molecule has 0 aromatic heterocycles. The van der Waals surface area contributed by atoms with E-state index in [4.69, 9.17) is 10.7 Å². The predicted octanol–water partition coefficient (Wildman–Crippen LogP) is 2.98. The lowest BCUT2D eigenvalue weighted by Crippen LogP contribution is -2.08. The molecule has 0 radical (unpaired) electrons. The molecule has 0 N–H and O–H groups in total. The van der Waals surface area contributed by atoms with Crippen LogP contribution in [0.1, 0.15) is 41.9 Å². The van der Waals surface area contributed by atoms with Gasteiger partial charge in [0.05, 0.1) is 4.90 Å². The quantitative estimate of drug-likeness (QED) is 0.724. The van der Waals surface area contributed by atoms with E-state index in [1.165, 1.54) is 36.0 Å². The van der Waals surface area contributed by atoms with Crippen LogP contribution in [-0.4, -0.2) is 8.42 Å². The summed E-state index contributed by atoms with van der Waals surface area (Å²) >= 11 is 0. The molecule has 2 nitrogen and oxygen atoms in total. The van der Waals surface area contributed by atoms with Crippen LogP contribution in [0.4, 0.5) is 0 Å². The number of hydrogen-bond acceptors (Lipinski definition) is 2. The number of halogens is 1. The van der Waals surface area contributed by atoms with Crippen LogP contribution in [0.15, 0.2) is 17.0 Å². The highest BCUT2D eigenvalue weighted by Gasteiger charge is 2.29. The Hall–Kier alpha value is -0.540. The van der Waals surface area contributed by atoms with Gasteiger partial charge >= 0.3 is 0 Å². The molecule has 3 rings (SSSR count). The van der Waals surface area contributed by atoms with Crippen molar-refractivity contribution in [1.82, 2.24) is 0 Å². The molecule has 1 aromatic rings. The van der Waals surface area contributed by atoms with Gasteiger partial charge in [0.1, 0.15) is 0 Å². The van der Waals surface area contributed by atoms with Gasteiger partial charge in [-0.2, -0.15) is 0 Å². The molecule has 1 unspecified atom stereocenters. The number of aryl methyl sites for hydroxylation is 2. The van der Waals surface area contributed by atoms with Crippen LogP contribution in [0.5, 0.6) is 0 Å². The first kappa shape index (κ1) is 10.6. The van der Waals surface area contributed by atoms with Crippen molar-refractivity contribution in [3.05, 3.63) is 28.8 Å². The maximum Gasteiger partial charge on any atom is 0.261 e. The van der Waals surface area contributed by atoms with Crippen molar-refractivity contribution in [1.29, 1.82) is 0 Å². The summed E-state index contributed by atoms with van der Waals surface area (Å²) in [5.74, 6) is 0.672. The van der Waals surface area contributed by atoms with Crippen LogP contribution in [-0.2, 0) is 21.9 Å². The second-order valence-corrected chi connectivity index (χ2v) is 7.29. The zero-order valence-electron chi connectivity index (χ0n) is 8.87. The first-order valence-electron chi connectivity index (χ1n) is 5.66. The van der Waals surface area contributed by atoms with Gasteiger partial charge in [0.2, 0.25) is 0 Å². The minimum absolute atomic E-state index is 0.283. The van der Waals surface area contributed by atoms with Gasteiger partial charge in [-0.3, -0.25) is 0 Å². The molecule has 0 fully saturated rings. The molecule has 0 spiro atoms. The third-order valence-corrected chi connectivity index (χ3v) is 5.11. The summed E-state index contributed by atoms with van der Waals surface area (Å²) in [4.78, 5) is 0.283. The molecule has 1 atom stereocenters. The molecule has 2 aliphatic carbocycles. The molecule has 2 aliphatic rings. The van der Waals surface area contributed by atoms with E-state index in [1.54, 1.807) is 12.1 Å². The molecule has 1 aromatic carbocycles. The summed E-state index contributed by atoms with van der Waals surface area (Å²) < 4.78 is 22.7. The SMILES string of the molecule is O=S(=O)(Cl)c1cc2c3c(c1)CCC3CCC2. The highest BCUT2D eigenvalue weighted by molar-refractivity contribution is 8.13. The van der Waals surface area contributed by atoms with Crippen molar-refractivity contribution < 1.29 is 8.42 Å². The second kappa shape index (κ2) is 3.47. The Morgan fingerprint density at radius 3 is 2.50 bits per heavy atom. The van der Waals surface area contributed by atoms with Crippen molar-refractivity contribution in [2.24, 2.45) is 0 Å². The van der Waals surface area contributed by atoms with Gasteiger partial charge in [-0.1, -0.05) is 0 Å². The van der Waals surface area contributed by atoms with Crippen LogP contribution in [0.2, 0.25) is 0 Å². The van der Waals surface area contributed by atoms with Crippen molar-refractivity contribution in [2.75, 3.05) is 0 Å². The highest BCUT2D eigenvalue weighted by atomic mass is 35.7. The molecular weight excluding hydrogens is 244 g/mol. The van der Waals surface area contributed by atoms with Crippen LogP contribution < -0.4 is 0 Å². The van der Waals surface area contributed by atoms with Gasteiger partial charge < -0.3 is 0 Å². The van der Waals surface area contributed by atoms with Crippen LogP contribution in [0.3, 0.4) is 0 Å². The third-order valence-electron chi connectivity index (χ3n) is 3.78. The fraction of sp³-hybridized carbons (Fsp3) is 0.500. The summed E-state index contributed by atoms with van der Waals surface area (Å²) in [7, 11) is 1.84. The lowest BCUT2D eigenvalue weighted by atomic mass is 9.84. The summed E-state index contributed by atoms with van der Waals surface area (Å²) in [6.07, 6.45) is 5.61. The van der Waals surface area contributed by atoms with Gasteiger partial charge in [0.15, 0.2) is 0 Å². The van der Waals surface area contributed by atoms with Crippen molar-refractivity contribution in [3.63, 3.8) is 0 Å². The van der Waals surface area contributed by atoms with Crippen LogP contribution in [0.25, 0.3) is 0 Å². The standard InChI is InChI=1S/C12H13ClO2S/c13-16(14,15)11-6-9-3-1-2-8-4-5-10(7-11)12(8)9/h6-8H,1-5H2. The molecule has 4 heteroatoms. The Balaban J connectivity index is 2.23. The monoisotopic (exact) mass is 256 g/mol. The van der Waals surface area contributed by atoms with Gasteiger partial charge in [0.25, 0.3) is 9.05 Å². The third kappa shape index (κ3) is 1.57. The van der Waals surface area contributed by atoms with E-state index in [9.17, 15) is 8.42 Å². The van der Waals surface area contributed by atoms with E-state index in [-0.39, 0.29) is 4.90 Å². The van der Waals surface area contributed by atoms with Crippen molar-refractivity contribution in [2.45, 2.75) is 42.9 Å². The Morgan fingerprint density at radius 1 is 1.12 bits per heavy atom. The second-order valence-electron chi connectivity index (χ2n) is 4.72. The Labute approximate surface area is 100 Å². The average molecular weight is 257 g/mol. The number of rotatable bonds is 1. The van der Waals surface area contributed by atoms with Crippen LogP contribution in [0, 0.1) is 0 Å². The Morgan fingerprint density at radius 2 is 1.81 bits per heavy atom. The summed E-state index contributed by atoms with van der Waals surface area (Å²) in [6, 6.07) is 3.55. The Bertz CT molecular complexity index is 548. The van der Waals surface area contributed by atoms with Crippen molar-refractivity contribution in [3.8, 4) is 0 Å². The van der Waals surface area contributed by atoms with Gasteiger partial charge in [-0.25, -0.2) is 8.42 Å². The fourth-order valence-corrected chi connectivity index (χ4v) is 3.96. The molecular formula is C12H13ClO2S. The summed E-state index contributed by atoms with van der Waals surface area (Å²) in [5, 5.41) is 0. The molecule has 0 heterocycles. The molecule has 0 saturated heterocycles. The van der Waals surface area contributed by atoms with Gasteiger partial charge in [-0.15, -0.1) is 0 Å². The maximum absolute atomic E-state index is 11.4. The largest absolute Gasteiger partial charge is 0.261 e. The minimum Gasteiger partial charge on any atom is -0.207 e. The van der Waals surface area contributed by atoms with Crippen LogP contribution >= 0.6 is 10.7 Å². The fourth-order valence-electron chi connectivity index (χ4n) is 3.13. The van der Waals surface area contributed by atoms with E-state index in [1.807, 2.05) is 0 Å². The topological polar surface area (TPSA) is 34.1 Å². The molecule has 86 valence electrons. The zero-order chi connectivity index (χ0) is 11.3. The lowest BCUT2D eigenvalue weighted by Gasteiger charge is -2.22. The van der Waals surface area contributed by atoms with Crippen molar-refractivity contribution >= 4 is 19.7 Å². The predicted molar refractivity (Wildman–Crippen MR) is 63.5 cm³/mol. The maximum atomic E-state index is 11.4. The summed E-state index contributed by atoms with van der Waals surface area (Å²) in [5.41, 5.74) is 3.85. The average Bonchev–Trinajstić information content (AvgIpc) is 2.62. The normalized spacial score (nSPS) is 23.2. The number of benzene rings is 1. The molecule has 0 bridgehead atoms. The van der Waals surface area contributed by atoms with E-state index in [0.29, 0.717) is 5.92 Å². The lowest BCUT2D eigenvalue weighted by molar-refractivity contribution is 0.554. The smallest absolute Gasteiger partial charge is 0.207 e. The van der Waals surface area contributed by atoms with Gasteiger partial charge in [-0.05, 0) is 66.8 Å². The summed E-state index contributed by atoms with van der Waals surface area (Å²) in [6.45, 7) is 0. The number of hydrogen-bond donors (Lipinski definition) is 0. The Kier molecular flexibility index (Phi) is 2.30. The van der Waals surface area contributed by atoms with E-state index < -0.39 is 9.05 Å². The van der Waals surface area contributed by atoms with E-state index in [2.05, 4.69) is 0 Å². The first-order chi connectivity index (χ1) is 7.55.